The highest BCUT2D eigenvalue weighted by Crippen LogP contribution is 2.27. The molecule has 0 radical (unpaired) electrons. The third-order valence-corrected chi connectivity index (χ3v) is 4.32. The van der Waals surface area contributed by atoms with E-state index >= 15 is 0 Å². The Hall–Kier alpha value is -3.79. The van der Waals surface area contributed by atoms with Crippen molar-refractivity contribution in [3.63, 3.8) is 0 Å². The predicted molar refractivity (Wildman–Crippen MR) is 108 cm³/mol. The van der Waals surface area contributed by atoms with Gasteiger partial charge in [-0.3, -0.25) is 29.2 Å². The van der Waals surface area contributed by atoms with E-state index < -0.39 is 23.4 Å². The maximum absolute atomic E-state index is 12.0. The van der Waals surface area contributed by atoms with Crippen LogP contribution in [0.4, 0.5) is 11.4 Å². The highest BCUT2D eigenvalue weighted by molar-refractivity contribution is 6.31. The van der Waals surface area contributed by atoms with Gasteiger partial charge >= 0.3 is 5.97 Å². The second kappa shape index (κ2) is 9.14. The lowest BCUT2D eigenvalue weighted by atomic mass is 10.2. The van der Waals surface area contributed by atoms with Crippen molar-refractivity contribution < 1.29 is 19.2 Å². The van der Waals surface area contributed by atoms with Gasteiger partial charge in [-0.2, -0.15) is 5.10 Å². The van der Waals surface area contributed by atoms with Gasteiger partial charge in [-0.15, -0.1) is 0 Å². The van der Waals surface area contributed by atoms with Gasteiger partial charge in [0.15, 0.2) is 6.61 Å². The van der Waals surface area contributed by atoms with Crippen molar-refractivity contribution in [2.75, 3.05) is 11.9 Å². The average molecular weight is 431 g/mol. The van der Waals surface area contributed by atoms with Crippen molar-refractivity contribution in [3.05, 3.63) is 74.0 Å². The number of ether oxygens (including phenoxy) is 1. The number of amides is 1. The lowest BCUT2D eigenvalue weighted by molar-refractivity contribution is -0.383. The maximum Gasteiger partial charge on any atom is 0.308 e. The number of hydrogen-bond acceptors (Lipinski definition) is 7. The lowest BCUT2D eigenvalue weighted by Gasteiger charge is -2.09. The van der Waals surface area contributed by atoms with Crippen LogP contribution in [0.25, 0.3) is 10.9 Å². The highest BCUT2D eigenvalue weighted by atomic mass is 35.5. The zero-order valence-corrected chi connectivity index (χ0v) is 16.2. The molecule has 10 nitrogen and oxygen atoms in total. The molecule has 1 aromatic heterocycles. The fourth-order valence-corrected chi connectivity index (χ4v) is 2.87. The molecule has 11 heteroatoms. The van der Waals surface area contributed by atoms with Gasteiger partial charge in [0.05, 0.1) is 29.6 Å². The molecule has 0 saturated heterocycles. The monoisotopic (exact) mass is 430 g/mol. The standard InChI is InChI=1S/C19H15ClN4O6/c20-12-5-6-14(16(9-12)24(28)29)22-18(26)11-30-19(27)7-8-23-15-4-2-1-3-13(15)17(25)10-21-23/h1-6,9-10H,7-8,11H2,(H,22,26). The number of hydrogen-bond donors (Lipinski definition) is 1. The number of esters is 1. The zero-order chi connectivity index (χ0) is 21.7. The van der Waals surface area contributed by atoms with Crippen molar-refractivity contribution in [1.82, 2.24) is 9.78 Å². The Kier molecular flexibility index (Phi) is 6.38. The average Bonchev–Trinajstić information content (AvgIpc) is 2.73. The molecule has 0 unspecified atom stereocenters. The van der Waals surface area contributed by atoms with Crippen LogP contribution >= 0.6 is 11.6 Å². The summed E-state index contributed by atoms with van der Waals surface area (Å²) in [4.78, 5) is 46.1. The smallest absolute Gasteiger partial charge is 0.308 e. The third-order valence-electron chi connectivity index (χ3n) is 4.08. The molecule has 0 aliphatic rings. The summed E-state index contributed by atoms with van der Waals surface area (Å²) in [6, 6.07) is 10.6. The molecule has 0 aliphatic heterocycles. The van der Waals surface area contributed by atoms with E-state index in [1.165, 1.54) is 23.0 Å². The number of carbonyl (C=O) groups excluding carboxylic acids is 2. The quantitative estimate of drug-likeness (QED) is 0.346. The number of fused-ring (bicyclic) bond motifs is 1. The topological polar surface area (TPSA) is 133 Å². The predicted octanol–water partition coefficient (Wildman–Crippen LogP) is 2.53. The van der Waals surface area contributed by atoms with Gasteiger partial charge in [-0.05, 0) is 24.3 Å². The molecule has 0 spiro atoms. The van der Waals surface area contributed by atoms with Crippen LogP contribution in [0.15, 0.2) is 53.5 Å². The zero-order valence-electron chi connectivity index (χ0n) is 15.4. The van der Waals surface area contributed by atoms with Gasteiger partial charge in [0.2, 0.25) is 5.43 Å². The second-order valence-corrected chi connectivity index (χ2v) is 6.56. The molecule has 1 N–H and O–H groups in total. The van der Waals surface area contributed by atoms with E-state index in [1.54, 1.807) is 24.3 Å². The Balaban J connectivity index is 1.56. The Morgan fingerprint density at radius 1 is 1.23 bits per heavy atom. The van der Waals surface area contributed by atoms with Gasteiger partial charge in [-0.25, -0.2) is 0 Å². The van der Waals surface area contributed by atoms with Crippen LogP contribution in [0.3, 0.4) is 0 Å². The molecular weight excluding hydrogens is 416 g/mol. The fraction of sp³-hybridized carbons (Fsp3) is 0.158. The minimum atomic E-state index is -0.735. The van der Waals surface area contributed by atoms with Gasteiger partial charge in [0, 0.05) is 16.5 Å². The molecule has 1 amide bonds. The van der Waals surface area contributed by atoms with Crippen LogP contribution in [0.1, 0.15) is 6.42 Å². The van der Waals surface area contributed by atoms with Crippen molar-refractivity contribution in [1.29, 1.82) is 0 Å². The SMILES string of the molecule is O=C(COC(=O)CCn1ncc(=O)c2ccccc21)Nc1ccc(Cl)cc1[N+](=O)[O-]. The lowest BCUT2D eigenvalue weighted by Crippen LogP contribution is -2.22. The second-order valence-electron chi connectivity index (χ2n) is 6.13. The minimum absolute atomic E-state index is 0.0608. The number of anilines is 1. The molecule has 1 heterocycles. The van der Waals surface area contributed by atoms with Gasteiger partial charge in [0.1, 0.15) is 5.69 Å². The van der Waals surface area contributed by atoms with Crippen LogP contribution < -0.4 is 10.7 Å². The fourth-order valence-electron chi connectivity index (χ4n) is 2.70. The maximum atomic E-state index is 12.0. The van der Waals surface area contributed by atoms with Crippen LogP contribution in [-0.4, -0.2) is 33.2 Å². The molecule has 0 bridgehead atoms. The summed E-state index contributed by atoms with van der Waals surface area (Å²) in [6.45, 7) is -0.471. The number of aryl methyl sites for hydroxylation is 1. The number of nitrogens with zero attached hydrogens (tertiary/aromatic N) is 3. The summed E-state index contributed by atoms with van der Waals surface area (Å²) >= 11 is 5.72. The number of para-hydroxylation sites is 1. The number of aromatic nitrogens is 2. The summed E-state index contributed by atoms with van der Waals surface area (Å²) in [7, 11) is 0. The Bertz CT molecular complexity index is 1190. The molecule has 0 atom stereocenters. The van der Waals surface area contributed by atoms with Gasteiger partial charge in [0.25, 0.3) is 11.6 Å². The van der Waals surface area contributed by atoms with Gasteiger partial charge in [-0.1, -0.05) is 23.7 Å². The molecule has 154 valence electrons. The van der Waals surface area contributed by atoms with Crippen molar-refractivity contribution in [2.24, 2.45) is 0 Å². The Morgan fingerprint density at radius 2 is 2.00 bits per heavy atom. The van der Waals surface area contributed by atoms with Crippen molar-refractivity contribution >= 4 is 45.8 Å². The summed E-state index contributed by atoms with van der Waals surface area (Å²) in [5.74, 6) is -1.40. The van der Waals surface area contributed by atoms with E-state index in [9.17, 15) is 24.5 Å². The van der Waals surface area contributed by atoms with Crippen molar-refractivity contribution in [2.45, 2.75) is 13.0 Å². The number of nitro benzene ring substituents is 1. The molecule has 0 saturated carbocycles. The van der Waals surface area contributed by atoms with Gasteiger partial charge < -0.3 is 10.1 Å². The first-order valence-corrected chi connectivity index (χ1v) is 9.07. The number of carbonyl (C=O) groups is 2. The number of nitro groups is 1. The summed E-state index contributed by atoms with van der Waals surface area (Å²) < 4.78 is 6.40. The summed E-state index contributed by atoms with van der Waals surface area (Å²) in [6.07, 6.45) is 1.08. The van der Waals surface area contributed by atoms with E-state index in [-0.39, 0.29) is 34.8 Å². The van der Waals surface area contributed by atoms with E-state index in [2.05, 4.69) is 10.4 Å². The first-order chi connectivity index (χ1) is 14.3. The Labute approximate surface area is 174 Å². The largest absolute Gasteiger partial charge is 0.456 e. The van der Waals surface area contributed by atoms with E-state index in [1.807, 2.05) is 0 Å². The summed E-state index contributed by atoms with van der Waals surface area (Å²) in [5.41, 5.74) is -0.0873. The molecule has 30 heavy (non-hydrogen) atoms. The van der Waals surface area contributed by atoms with Crippen molar-refractivity contribution in [3.8, 4) is 0 Å². The van der Waals surface area contributed by atoms with Crippen LogP contribution in [0.2, 0.25) is 5.02 Å². The molecular formula is C19H15ClN4O6. The van der Waals surface area contributed by atoms with Crippen LogP contribution in [-0.2, 0) is 20.9 Å². The van der Waals surface area contributed by atoms with Crippen LogP contribution in [0.5, 0.6) is 0 Å². The minimum Gasteiger partial charge on any atom is -0.456 e. The first-order valence-electron chi connectivity index (χ1n) is 8.69. The normalized spacial score (nSPS) is 10.6. The number of nitrogens with one attached hydrogen (secondary N) is 1. The first kappa shape index (κ1) is 20.9. The van der Waals surface area contributed by atoms with E-state index in [0.29, 0.717) is 10.9 Å². The van der Waals surface area contributed by atoms with Crippen LogP contribution in [0, 0.1) is 10.1 Å². The Morgan fingerprint density at radius 3 is 2.77 bits per heavy atom. The van der Waals surface area contributed by atoms with E-state index in [4.69, 9.17) is 16.3 Å². The van der Waals surface area contributed by atoms with E-state index in [0.717, 1.165) is 6.07 Å². The molecule has 0 aliphatic carbocycles. The highest BCUT2D eigenvalue weighted by Gasteiger charge is 2.17. The molecule has 0 fully saturated rings. The number of benzene rings is 2. The third kappa shape index (κ3) is 4.97. The summed E-state index contributed by atoms with van der Waals surface area (Å²) in [5, 5.41) is 18.0. The number of rotatable bonds is 7. The molecule has 3 rings (SSSR count). The molecule has 2 aromatic carbocycles. The molecule has 3 aromatic rings. The number of halogens is 1.